The van der Waals surface area contributed by atoms with E-state index < -0.39 is 5.54 Å². The fourth-order valence-electron chi connectivity index (χ4n) is 3.57. The van der Waals surface area contributed by atoms with E-state index in [0.717, 1.165) is 48.6 Å². The van der Waals surface area contributed by atoms with E-state index in [-0.39, 0.29) is 5.91 Å². The Morgan fingerprint density at radius 2 is 2.12 bits per heavy atom. The van der Waals surface area contributed by atoms with Gasteiger partial charge in [-0.3, -0.25) is 4.79 Å². The summed E-state index contributed by atoms with van der Waals surface area (Å²) < 4.78 is 5.33. The third-order valence-electron chi connectivity index (χ3n) is 4.99. The lowest BCUT2D eigenvalue weighted by Gasteiger charge is -2.28. The van der Waals surface area contributed by atoms with Crippen molar-refractivity contribution in [2.45, 2.75) is 49.0 Å². The minimum Gasteiger partial charge on any atom is -0.339 e. The van der Waals surface area contributed by atoms with Gasteiger partial charge in [-0.1, -0.05) is 30.1 Å². The highest BCUT2D eigenvalue weighted by molar-refractivity contribution is 7.99. The zero-order valence-corrected chi connectivity index (χ0v) is 14.9. The number of fused-ring (bicyclic) bond motifs is 1. The summed E-state index contributed by atoms with van der Waals surface area (Å²) in [5.41, 5.74) is 6.91. The van der Waals surface area contributed by atoms with Crippen LogP contribution in [0.4, 0.5) is 5.69 Å². The summed E-state index contributed by atoms with van der Waals surface area (Å²) >= 11 is 1.79. The van der Waals surface area contributed by atoms with Crippen LogP contribution in [0.15, 0.2) is 33.7 Å². The van der Waals surface area contributed by atoms with E-state index in [9.17, 15) is 4.79 Å². The normalized spacial score (nSPS) is 19.0. The molecule has 2 N–H and O–H groups in total. The number of amides is 1. The fraction of sp³-hybridized carbons (Fsp3) is 0.500. The number of carbonyl (C=O) groups is 1. The molecule has 0 radical (unpaired) electrons. The van der Waals surface area contributed by atoms with E-state index in [1.165, 1.54) is 0 Å². The second-order valence-electron chi connectivity index (χ2n) is 6.74. The lowest BCUT2D eigenvalue weighted by Crippen LogP contribution is -2.35. The number of rotatable bonds is 4. The van der Waals surface area contributed by atoms with Crippen LogP contribution in [0.1, 0.15) is 43.8 Å². The van der Waals surface area contributed by atoms with Crippen LogP contribution < -0.4 is 10.6 Å². The third-order valence-corrected chi connectivity index (χ3v) is 6.03. The van der Waals surface area contributed by atoms with Crippen LogP contribution in [-0.4, -0.2) is 28.3 Å². The summed E-state index contributed by atoms with van der Waals surface area (Å²) in [6.07, 6.45) is 4.81. The number of hydrogen-bond acceptors (Lipinski definition) is 6. The smallest absolute Gasteiger partial charge is 0.227 e. The standard InChI is InChI=1S/C18H22N4O2S/c19-18(9-3-4-10-18)17-20-15(24-21-17)7-8-16(23)22-11-12-25-14-6-2-1-5-13(14)22/h1-2,5-6H,3-4,7-12,19H2. The van der Waals surface area contributed by atoms with Crippen molar-refractivity contribution >= 4 is 23.4 Å². The van der Waals surface area contributed by atoms with E-state index in [2.05, 4.69) is 16.2 Å². The predicted molar refractivity (Wildman–Crippen MR) is 96.5 cm³/mol. The average Bonchev–Trinajstić information content (AvgIpc) is 3.29. The second kappa shape index (κ2) is 6.80. The number of thioether (sulfide) groups is 1. The van der Waals surface area contributed by atoms with Gasteiger partial charge < -0.3 is 15.2 Å². The Balaban J connectivity index is 1.41. The summed E-state index contributed by atoms with van der Waals surface area (Å²) in [7, 11) is 0. The van der Waals surface area contributed by atoms with Crippen molar-refractivity contribution in [1.82, 2.24) is 10.1 Å². The molecular weight excluding hydrogens is 336 g/mol. The molecule has 0 unspecified atom stereocenters. The van der Waals surface area contributed by atoms with Gasteiger partial charge in [-0.25, -0.2) is 0 Å². The number of benzene rings is 1. The second-order valence-corrected chi connectivity index (χ2v) is 7.87. The molecule has 4 rings (SSSR count). The van der Waals surface area contributed by atoms with E-state index in [4.69, 9.17) is 10.3 Å². The highest BCUT2D eigenvalue weighted by Gasteiger charge is 2.36. The molecule has 6 nitrogen and oxygen atoms in total. The quantitative estimate of drug-likeness (QED) is 0.904. The van der Waals surface area contributed by atoms with Crippen LogP contribution in [0.5, 0.6) is 0 Å². The molecule has 1 saturated carbocycles. The molecule has 0 spiro atoms. The first-order valence-electron chi connectivity index (χ1n) is 8.80. The Labute approximate surface area is 151 Å². The van der Waals surface area contributed by atoms with Crippen LogP contribution >= 0.6 is 11.8 Å². The van der Waals surface area contributed by atoms with Crippen LogP contribution in [0.25, 0.3) is 0 Å². The number of para-hydroxylation sites is 1. The molecule has 1 aliphatic carbocycles. The summed E-state index contributed by atoms with van der Waals surface area (Å²) in [5, 5.41) is 4.06. The fourth-order valence-corrected chi connectivity index (χ4v) is 4.56. The molecule has 25 heavy (non-hydrogen) atoms. The molecule has 0 saturated heterocycles. The lowest BCUT2D eigenvalue weighted by atomic mass is 9.99. The van der Waals surface area contributed by atoms with Crippen LogP contribution in [-0.2, 0) is 16.8 Å². The maximum Gasteiger partial charge on any atom is 0.227 e. The van der Waals surface area contributed by atoms with Crippen molar-refractivity contribution in [3.05, 3.63) is 36.0 Å². The van der Waals surface area contributed by atoms with Gasteiger partial charge in [-0.2, -0.15) is 4.98 Å². The predicted octanol–water partition coefficient (Wildman–Crippen LogP) is 2.87. The molecule has 1 fully saturated rings. The first-order valence-corrected chi connectivity index (χ1v) is 9.78. The maximum atomic E-state index is 12.7. The Bertz CT molecular complexity index is 770. The molecule has 1 aliphatic heterocycles. The van der Waals surface area contributed by atoms with Gasteiger partial charge in [0.15, 0.2) is 5.82 Å². The summed E-state index contributed by atoms with van der Waals surface area (Å²) in [4.78, 5) is 20.1. The zero-order valence-electron chi connectivity index (χ0n) is 14.1. The van der Waals surface area contributed by atoms with E-state index >= 15 is 0 Å². The maximum absolute atomic E-state index is 12.7. The Morgan fingerprint density at radius 3 is 2.96 bits per heavy atom. The summed E-state index contributed by atoms with van der Waals surface area (Å²) in [6, 6.07) is 8.04. The van der Waals surface area contributed by atoms with Crippen LogP contribution in [0.3, 0.4) is 0 Å². The van der Waals surface area contributed by atoms with E-state index in [0.29, 0.717) is 24.6 Å². The first-order chi connectivity index (χ1) is 12.2. The summed E-state index contributed by atoms with van der Waals surface area (Å²) in [5.74, 6) is 2.10. The van der Waals surface area contributed by atoms with Gasteiger partial charge >= 0.3 is 0 Å². The minimum absolute atomic E-state index is 0.0934. The van der Waals surface area contributed by atoms with E-state index in [1.807, 2.05) is 23.1 Å². The van der Waals surface area contributed by atoms with Crippen LogP contribution in [0.2, 0.25) is 0 Å². The Hall–Kier alpha value is -1.86. The van der Waals surface area contributed by atoms with Crippen molar-refractivity contribution in [2.24, 2.45) is 5.73 Å². The van der Waals surface area contributed by atoms with Crippen molar-refractivity contribution in [3.63, 3.8) is 0 Å². The molecule has 1 aromatic carbocycles. The number of nitrogens with two attached hydrogens (primary N) is 1. The van der Waals surface area contributed by atoms with Gasteiger partial charge in [0.2, 0.25) is 11.8 Å². The Morgan fingerprint density at radius 1 is 1.32 bits per heavy atom. The van der Waals surface area contributed by atoms with Gasteiger partial charge in [0, 0.05) is 30.0 Å². The number of hydrogen-bond donors (Lipinski definition) is 1. The molecule has 2 heterocycles. The summed E-state index contributed by atoms with van der Waals surface area (Å²) in [6.45, 7) is 0.738. The number of anilines is 1. The van der Waals surface area contributed by atoms with Gasteiger partial charge in [0.1, 0.15) is 0 Å². The minimum atomic E-state index is -0.450. The van der Waals surface area contributed by atoms with Gasteiger partial charge in [0.25, 0.3) is 0 Å². The molecule has 2 aromatic rings. The monoisotopic (exact) mass is 358 g/mol. The van der Waals surface area contributed by atoms with Crippen molar-refractivity contribution in [1.29, 1.82) is 0 Å². The molecular formula is C18H22N4O2S. The van der Waals surface area contributed by atoms with Gasteiger partial charge in [0.05, 0.1) is 11.2 Å². The molecule has 2 aliphatic rings. The lowest BCUT2D eigenvalue weighted by molar-refractivity contribution is -0.118. The number of aryl methyl sites for hydroxylation is 1. The molecule has 1 aromatic heterocycles. The van der Waals surface area contributed by atoms with Gasteiger partial charge in [-0.05, 0) is 25.0 Å². The Kier molecular flexibility index (Phi) is 4.52. The van der Waals surface area contributed by atoms with Crippen molar-refractivity contribution in [2.75, 3.05) is 17.2 Å². The number of aromatic nitrogens is 2. The average molecular weight is 358 g/mol. The van der Waals surface area contributed by atoms with Crippen LogP contribution in [0, 0.1) is 0 Å². The number of carbonyl (C=O) groups excluding carboxylic acids is 1. The zero-order chi connectivity index (χ0) is 17.3. The highest BCUT2D eigenvalue weighted by atomic mass is 32.2. The largest absolute Gasteiger partial charge is 0.339 e. The van der Waals surface area contributed by atoms with Crippen molar-refractivity contribution < 1.29 is 9.32 Å². The van der Waals surface area contributed by atoms with E-state index in [1.54, 1.807) is 11.8 Å². The molecule has 0 atom stereocenters. The SMILES string of the molecule is NC1(c2noc(CCC(=O)N3CCSc4ccccc43)n2)CCCC1. The third kappa shape index (κ3) is 3.30. The molecule has 1 amide bonds. The first kappa shape index (κ1) is 16.6. The van der Waals surface area contributed by atoms with Crippen molar-refractivity contribution in [3.8, 4) is 0 Å². The molecule has 132 valence electrons. The van der Waals surface area contributed by atoms with Gasteiger partial charge in [-0.15, -0.1) is 11.8 Å². The topological polar surface area (TPSA) is 85.2 Å². The highest BCUT2D eigenvalue weighted by Crippen LogP contribution is 2.35. The molecule has 0 bridgehead atoms. The molecule has 7 heteroatoms. The number of nitrogens with zero attached hydrogens (tertiary/aromatic N) is 3.